The zero-order valence-electron chi connectivity index (χ0n) is 7.96. The molecule has 2 aromatic carbocycles. The molecule has 0 unspecified atom stereocenters. The molecule has 2 rings (SSSR count). The van der Waals surface area contributed by atoms with Gasteiger partial charge in [-0.15, -0.1) is 0 Å². The molecule has 2 aromatic rings. The van der Waals surface area contributed by atoms with Crippen molar-refractivity contribution in [3.05, 3.63) is 54.6 Å². The van der Waals surface area contributed by atoms with Crippen LogP contribution in [0.3, 0.4) is 0 Å². The highest BCUT2D eigenvalue weighted by molar-refractivity contribution is 7.95. The highest BCUT2D eigenvalue weighted by Gasteiger charge is 2.01. The average Bonchev–Trinajstić information content (AvgIpc) is 2.29. The number of rotatable bonds is 3. The van der Waals surface area contributed by atoms with Crippen LogP contribution in [0.2, 0.25) is 0 Å². The molecular formula is C12H10O2S. The predicted octanol–water partition coefficient (Wildman–Crippen LogP) is 3.48. The molecule has 0 heterocycles. The van der Waals surface area contributed by atoms with Crippen LogP contribution in [0.1, 0.15) is 0 Å². The molecule has 0 aliphatic heterocycles. The van der Waals surface area contributed by atoms with Crippen molar-refractivity contribution in [2.75, 3.05) is 0 Å². The Bertz CT molecular complexity index is 429. The topological polar surface area (TPSA) is 29.5 Å². The molecule has 0 aliphatic carbocycles. The number of benzene rings is 2. The van der Waals surface area contributed by atoms with Gasteiger partial charge in [0.15, 0.2) is 0 Å². The van der Waals surface area contributed by atoms with E-state index >= 15 is 0 Å². The zero-order chi connectivity index (χ0) is 10.5. The standard InChI is InChI=1S/C12H10O2S/c13-11-8-4-5-9-12(11)15-14-10-6-2-1-3-7-10/h1-9,13H. The Balaban J connectivity index is 2.03. The smallest absolute Gasteiger partial charge is 0.137 e. The van der Waals surface area contributed by atoms with Gasteiger partial charge in [0.05, 0.1) is 16.9 Å². The molecule has 0 saturated heterocycles. The molecule has 1 N–H and O–H groups in total. The molecule has 0 saturated carbocycles. The van der Waals surface area contributed by atoms with Crippen LogP contribution in [0.25, 0.3) is 0 Å². The first kappa shape index (κ1) is 9.93. The van der Waals surface area contributed by atoms with Gasteiger partial charge in [0.2, 0.25) is 0 Å². The summed E-state index contributed by atoms with van der Waals surface area (Å²) < 4.78 is 5.43. The first-order valence-electron chi connectivity index (χ1n) is 4.54. The van der Waals surface area contributed by atoms with Crippen LogP contribution in [0.5, 0.6) is 11.5 Å². The van der Waals surface area contributed by atoms with Crippen LogP contribution >= 0.6 is 12.0 Å². The van der Waals surface area contributed by atoms with Gasteiger partial charge >= 0.3 is 0 Å². The molecule has 0 spiro atoms. The third-order valence-corrected chi connectivity index (χ3v) is 2.64. The van der Waals surface area contributed by atoms with Crippen molar-refractivity contribution >= 4 is 12.0 Å². The first-order chi connectivity index (χ1) is 7.36. The summed E-state index contributed by atoms with van der Waals surface area (Å²) >= 11 is 1.15. The maximum Gasteiger partial charge on any atom is 0.137 e. The second-order valence-electron chi connectivity index (χ2n) is 2.95. The lowest BCUT2D eigenvalue weighted by Crippen LogP contribution is -1.81. The molecule has 15 heavy (non-hydrogen) atoms. The lowest BCUT2D eigenvalue weighted by atomic mass is 10.3. The molecular weight excluding hydrogens is 208 g/mol. The van der Waals surface area contributed by atoms with E-state index < -0.39 is 0 Å². The van der Waals surface area contributed by atoms with E-state index in [0.717, 1.165) is 17.8 Å². The number of phenolic OH excluding ortho intramolecular Hbond substituents is 1. The normalized spacial score (nSPS) is 9.87. The van der Waals surface area contributed by atoms with Crippen molar-refractivity contribution in [1.82, 2.24) is 0 Å². The average molecular weight is 218 g/mol. The van der Waals surface area contributed by atoms with E-state index in [1.807, 2.05) is 42.5 Å². The Morgan fingerprint density at radius 2 is 1.53 bits per heavy atom. The van der Waals surface area contributed by atoms with Gasteiger partial charge in [-0.1, -0.05) is 30.3 Å². The SMILES string of the molecule is Oc1ccccc1SOc1ccccc1. The van der Waals surface area contributed by atoms with E-state index in [0.29, 0.717) is 4.90 Å². The summed E-state index contributed by atoms with van der Waals surface area (Å²) in [5.41, 5.74) is 0. The van der Waals surface area contributed by atoms with Crippen molar-refractivity contribution in [1.29, 1.82) is 0 Å². The van der Waals surface area contributed by atoms with Crippen molar-refractivity contribution < 1.29 is 9.29 Å². The minimum absolute atomic E-state index is 0.235. The van der Waals surface area contributed by atoms with Gasteiger partial charge in [-0.3, -0.25) is 0 Å². The highest BCUT2D eigenvalue weighted by Crippen LogP contribution is 2.29. The maximum atomic E-state index is 9.49. The maximum absolute atomic E-state index is 9.49. The highest BCUT2D eigenvalue weighted by atomic mass is 32.2. The van der Waals surface area contributed by atoms with Gasteiger partial charge in [-0.05, 0) is 24.3 Å². The quantitative estimate of drug-likeness (QED) is 0.800. The third-order valence-electron chi connectivity index (χ3n) is 1.84. The van der Waals surface area contributed by atoms with Gasteiger partial charge in [-0.25, -0.2) is 0 Å². The first-order valence-corrected chi connectivity index (χ1v) is 5.28. The molecule has 0 atom stereocenters. The minimum Gasteiger partial charge on any atom is -0.507 e. The Labute approximate surface area is 92.7 Å². The van der Waals surface area contributed by atoms with Crippen LogP contribution in [0.4, 0.5) is 0 Å². The van der Waals surface area contributed by atoms with E-state index in [-0.39, 0.29) is 5.75 Å². The largest absolute Gasteiger partial charge is 0.507 e. The summed E-state index contributed by atoms with van der Waals surface area (Å²) in [6.45, 7) is 0. The molecule has 0 fully saturated rings. The fourth-order valence-electron chi connectivity index (χ4n) is 1.10. The summed E-state index contributed by atoms with van der Waals surface area (Å²) in [6, 6.07) is 16.6. The lowest BCUT2D eigenvalue weighted by Gasteiger charge is -2.04. The molecule has 76 valence electrons. The molecule has 3 heteroatoms. The fraction of sp³-hybridized carbons (Fsp3) is 0. The number of aromatic hydroxyl groups is 1. The summed E-state index contributed by atoms with van der Waals surface area (Å²) in [5.74, 6) is 1.00. The number of para-hydroxylation sites is 2. The Morgan fingerprint density at radius 3 is 2.27 bits per heavy atom. The number of hydrogen-bond donors (Lipinski definition) is 1. The molecule has 2 nitrogen and oxygen atoms in total. The monoisotopic (exact) mass is 218 g/mol. The van der Waals surface area contributed by atoms with E-state index in [2.05, 4.69) is 0 Å². The van der Waals surface area contributed by atoms with Gasteiger partial charge in [0.25, 0.3) is 0 Å². The number of hydrogen-bond acceptors (Lipinski definition) is 3. The molecule has 0 aromatic heterocycles. The van der Waals surface area contributed by atoms with E-state index in [9.17, 15) is 5.11 Å². The van der Waals surface area contributed by atoms with E-state index in [1.165, 1.54) is 0 Å². The van der Waals surface area contributed by atoms with E-state index in [1.54, 1.807) is 12.1 Å². The minimum atomic E-state index is 0.235. The van der Waals surface area contributed by atoms with Crippen LogP contribution < -0.4 is 4.18 Å². The van der Waals surface area contributed by atoms with Crippen LogP contribution in [-0.4, -0.2) is 5.11 Å². The molecule has 0 radical (unpaired) electrons. The van der Waals surface area contributed by atoms with Gasteiger partial charge < -0.3 is 9.29 Å². The second kappa shape index (κ2) is 4.75. The van der Waals surface area contributed by atoms with Crippen LogP contribution in [0, 0.1) is 0 Å². The Morgan fingerprint density at radius 1 is 0.867 bits per heavy atom. The van der Waals surface area contributed by atoms with E-state index in [4.69, 9.17) is 4.18 Å². The summed E-state index contributed by atoms with van der Waals surface area (Å²) in [7, 11) is 0. The summed E-state index contributed by atoms with van der Waals surface area (Å²) in [4.78, 5) is 0.710. The fourth-order valence-corrected chi connectivity index (χ4v) is 1.68. The third kappa shape index (κ3) is 2.67. The predicted molar refractivity (Wildman–Crippen MR) is 61.0 cm³/mol. The second-order valence-corrected chi connectivity index (χ2v) is 3.72. The Kier molecular flexibility index (Phi) is 3.15. The van der Waals surface area contributed by atoms with Gasteiger partial charge in [0, 0.05) is 0 Å². The van der Waals surface area contributed by atoms with Crippen molar-refractivity contribution in [3.8, 4) is 11.5 Å². The van der Waals surface area contributed by atoms with Gasteiger partial charge in [-0.2, -0.15) is 0 Å². The van der Waals surface area contributed by atoms with Crippen molar-refractivity contribution in [2.24, 2.45) is 0 Å². The van der Waals surface area contributed by atoms with Crippen LogP contribution in [-0.2, 0) is 0 Å². The molecule has 0 bridgehead atoms. The lowest BCUT2D eigenvalue weighted by molar-refractivity contribution is 0.461. The van der Waals surface area contributed by atoms with Crippen molar-refractivity contribution in [2.45, 2.75) is 4.90 Å². The number of phenols is 1. The van der Waals surface area contributed by atoms with Gasteiger partial charge in [0.1, 0.15) is 11.5 Å². The van der Waals surface area contributed by atoms with Crippen molar-refractivity contribution in [3.63, 3.8) is 0 Å². The molecule has 0 aliphatic rings. The summed E-state index contributed by atoms with van der Waals surface area (Å²) in [6.07, 6.45) is 0. The zero-order valence-corrected chi connectivity index (χ0v) is 8.78. The summed E-state index contributed by atoms with van der Waals surface area (Å²) in [5, 5.41) is 9.49. The Hall–Kier alpha value is -1.61. The van der Waals surface area contributed by atoms with Crippen LogP contribution in [0.15, 0.2) is 59.5 Å². The molecule has 0 amide bonds.